The van der Waals surface area contributed by atoms with Gasteiger partial charge in [-0.15, -0.1) is 0 Å². The number of rotatable bonds is 7. The van der Waals surface area contributed by atoms with E-state index in [4.69, 9.17) is 5.11 Å². The van der Waals surface area contributed by atoms with Gasteiger partial charge in [0.05, 0.1) is 0 Å². The smallest absolute Gasteiger partial charge is 0.150 e. The number of aryl methyl sites for hydroxylation is 2. The molecule has 0 bridgehead atoms. The van der Waals surface area contributed by atoms with Crippen molar-refractivity contribution in [3.8, 4) is 0 Å². The number of aliphatic hydroxyl groups is 1. The van der Waals surface area contributed by atoms with E-state index in [1.54, 1.807) is 0 Å². The van der Waals surface area contributed by atoms with Crippen molar-refractivity contribution in [3.63, 3.8) is 0 Å². The van der Waals surface area contributed by atoms with Crippen LogP contribution in [0.4, 0.5) is 5.82 Å². The Bertz CT molecular complexity index is 309. The zero-order valence-corrected chi connectivity index (χ0v) is 10.6. The summed E-state index contributed by atoms with van der Waals surface area (Å²) in [6.45, 7) is 3.44. The maximum absolute atomic E-state index is 8.69. The summed E-state index contributed by atoms with van der Waals surface area (Å²) in [4.78, 5) is 2.18. The molecule has 1 N–H and O–H groups in total. The molecule has 0 saturated carbocycles. The van der Waals surface area contributed by atoms with Gasteiger partial charge in [0, 0.05) is 39.0 Å². The summed E-state index contributed by atoms with van der Waals surface area (Å²) < 4.78 is 1.94. The zero-order valence-electron chi connectivity index (χ0n) is 10.6. The van der Waals surface area contributed by atoms with Crippen LogP contribution in [0, 0.1) is 0 Å². The van der Waals surface area contributed by atoms with Crippen LogP contribution in [0.15, 0.2) is 6.07 Å². The van der Waals surface area contributed by atoms with Gasteiger partial charge < -0.3 is 10.0 Å². The van der Waals surface area contributed by atoms with Crippen LogP contribution in [-0.4, -0.2) is 35.1 Å². The Hall–Kier alpha value is -1.03. The summed E-state index contributed by atoms with van der Waals surface area (Å²) in [5.41, 5.74) is 1.26. The van der Waals surface area contributed by atoms with E-state index in [0.29, 0.717) is 6.61 Å². The third-order valence-corrected chi connectivity index (χ3v) is 2.87. The molecule has 0 aromatic carbocycles. The number of hydrogen-bond acceptors (Lipinski definition) is 3. The Morgan fingerprint density at radius 3 is 2.69 bits per heavy atom. The van der Waals surface area contributed by atoms with Crippen molar-refractivity contribution in [3.05, 3.63) is 11.8 Å². The molecule has 0 unspecified atom stereocenters. The first kappa shape index (κ1) is 13.0. The molecule has 0 aliphatic heterocycles. The lowest BCUT2D eigenvalue weighted by molar-refractivity contribution is 0.283. The molecule has 4 nitrogen and oxygen atoms in total. The van der Waals surface area contributed by atoms with Crippen molar-refractivity contribution < 1.29 is 5.11 Å². The minimum Gasteiger partial charge on any atom is -0.396 e. The number of aliphatic hydroxyl groups excluding tert-OH is 1. The average molecular weight is 225 g/mol. The van der Waals surface area contributed by atoms with Crippen molar-refractivity contribution in [2.24, 2.45) is 7.05 Å². The van der Waals surface area contributed by atoms with Crippen LogP contribution in [0.5, 0.6) is 0 Å². The monoisotopic (exact) mass is 225 g/mol. The number of hydrogen-bond donors (Lipinski definition) is 1. The van der Waals surface area contributed by atoms with Gasteiger partial charge in [-0.25, -0.2) is 0 Å². The van der Waals surface area contributed by atoms with Gasteiger partial charge in [-0.1, -0.05) is 6.92 Å². The number of nitrogens with zero attached hydrogens (tertiary/aromatic N) is 3. The number of anilines is 1. The van der Waals surface area contributed by atoms with Crippen LogP contribution in [0.25, 0.3) is 0 Å². The Balaban J connectivity index is 2.43. The van der Waals surface area contributed by atoms with Crippen LogP contribution in [0.3, 0.4) is 0 Å². The Morgan fingerprint density at radius 1 is 1.38 bits per heavy atom. The first-order valence-corrected chi connectivity index (χ1v) is 6.04. The molecule has 0 fully saturated rings. The standard InChI is InChI=1S/C12H23N3O/c1-4-11-10-12(13-15(11)3)14(2)8-6-5-7-9-16/h10,16H,4-9H2,1-3H3. The van der Waals surface area contributed by atoms with Gasteiger partial charge in [0.2, 0.25) is 0 Å². The van der Waals surface area contributed by atoms with E-state index in [9.17, 15) is 0 Å². The maximum Gasteiger partial charge on any atom is 0.150 e. The molecule has 0 saturated heterocycles. The molecule has 16 heavy (non-hydrogen) atoms. The highest BCUT2D eigenvalue weighted by Crippen LogP contribution is 2.13. The van der Waals surface area contributed by atoms with Crippen molar-refractivity contribution >= 4 is 5.82 Å². The van der Waals surface area contributed by atoms with Crippen molar-refractivity contribution in [2.75, 3.05) is 25.1 Å². The molecule has 0 atom stereocenters. The molecular formula is C12H23N3O. The quantitative estimate of drug-likeness (QED) is 0.716. The molecular weight excluding hydrogens is 202 g/mol. The molecule has 4 heteroatoms. The second-order valence-electron chi connectivity index (χ2n) is 4.18. The van der Waals surface area contributed by atoms with Crippen LogP contribution in [-0.2, 0) is 13.5 Å². The van der Waals surface area contributed by atoms with Crippen LogP contribution in [0.2, 0.25) is 0 Å². The third-order valence-electron chi connectivity index (χ3n) is 2.87. The molecule has 0 aliphatic rings. The fourth-order valence-electron chi connectivity index (χ4n) is 1.76. The minimum atomic E-state index is 0.299. The lowest BCUT2D eigenvalue weighted by Crippen LogP contribution is -2.19. The summed E-state index contributed by atoms with van der Waals surface area (Å²) in [7, 11) is 4.06. The van der Waals surface area contributed by atoms with Gasteiger partial charge in [0.15, 0.2) is 5.82 Å². The zero-order chi connectivity index (χ0) is 12.0. The number of unbranched alkanes of at least 4 members (excludes halogenated alkanes) is 2. The Labute approximate surface area is 97.9 Å². The third kappa shape index (κ3) is 3.52. The molecule has 0 amide bonds. The highest BCUT2D eigenvalue weighted by atomic mass is 16.2. The summed E-state index contributed by atoms with van der Waals surface area (Å²) in [5.74, 6) is 1.04. The van der Waals surface area contributed by atoms with E-state index in [2.05, 4.69) is 30.0 Å². The van der Waals surface area contributed by atoms with Gasteiger partial charge in [-0.3, -0.25) is 4.68 Å². The second-order valence-corrected chi connectivity index (χ2v) is 4.18. The topological polar surface area (TPSA) is 41.3 Å². The normalized spacial score (nSPS) is 10.8. The van der Waals surface area contributed by atoms with Crippen molar-refractivity contribution in [1.29, 1.82) is 0 Å². The summed E-state index contributed by atoms with van der Waals surface area (Å²) >= 11 is 0. The highest BCUT2D eigenvalue weighted by Gasteiger charge is 2.07. The predicted octanol–water partition coefficient (Wildman–Crippen LogP) is 1.58. The van der Waals surface area contributed by atoms with Crippen molar-refractivity contribution in [2.45, 2.75) is 32.6 Å². The van der Waals surface area contributed by atoms with Gasteiger partial charge >= 0.3 is 0 Å². The summed E-state index contributed by atoms with van der Waals surface area (Å²) in [6.07, 6.45) is 4.10. The molecule has 1 rings (SSSR count). The fraction of sp³-hybridized carbons (Fsp3) is 0.750. The molecule has 0 spiro atoms. The molecule has 1 aromatic rings. The highest BCUT2D eigenvalue weighted by molar-refractivity contribution is 5.38. The van der Waals surface area contributed by atoms with Gasteiger partial charge in [0.25, 0.3) is 0 Å². The van der Waals surface area contributed by atoms with E-state index in [1.165, 1.54) is 5.69 Å². The van der Waals surface area contributed by atoms with E-state index in [0.717, 1.165) is 38.0 Å². The summed E-state index contributed by atoms with van der Waals surface area (Å²) in [6, 6.07) is 2.14. The first-order chi connectivity index (χ1) is 7.69. The van der Waals surface area contributed by atoms with Gasteiger partial charge in [-0.2, -0.15) is 5.10 Å². The van der Waals surface area contributed by atoms with E-state index in [-0.39, 0.29) is 0 Å². The molecule has 0 radical (unpaired) electrons. The summed E-state index contributed by atoms with van der Waals surface area (Å²) in [5, 5.41) is 13.2. The van der Waals surface area contributed by atoms with Crippen molar-refractivity contribution in [1.82, 2.24) is 9.78 Å². The predicted molar refractivity (Wildman–Crippen MR) is 66.8 cm³/mol. The lowest BCUT2D eigenvalue weighted by atomic mass is 10.2. The van der Waals surface area contributed by atoms with E-state index in [1.807, 2.05) is 11.7 Å². The molecule has 1 aromatic heterocycles. The number of aromatic nitrogens is 2. The minimum absolute atomic E-state index is 0.299. The second kappa shape index (κ2) is 6.53. The fourth-order valence-corrected chi connectivity index (χ4v) is 1.76. The first-order valence-electron chi connectivity index (χ1n) is 6.04. The molecule has 92 valence electrons. The van der Waals surface area contributed by atoms with Gasteiger partial charge in [-0.05, 0) is 25.7 Å². The van der Waals surface area contributed by atoms with E-state index >= 15 is 0 Å². The van der Waals surface area contributed by atoms with Crippen LogP contribution in [0.1, 0.15) is 31.9 Å². The Kier molecular flexibility index (Phi) is 5.32. The maximum atomic E-state index is 8.69. The van der Waals surface area contributed by atoms with Crippen LogP contribution < -0.4 is 4.90 Å². The molecule has 0 aliphatic carbocycles. The molecule has 1 heterocycles. The van der Waals surface area contributed by atoms with E-state index < -0.39 is 0 Å². The van der Waals surface area contributed by atoms with Gasteiger partial charge in [0.1, 0.15) is 0 Å². The lowest BCUT2D eigenvalue weighted by Gasteiger charge is -2.15. The van der Waals surface area contributed by atoms with Crippen LogP contribution >= 0.6 is 0 Å². The SMILES string of the molecule is CCc1cc(N(C)CCCCCO)nn1C. The largest absolute Gasteiger partial charge is 0.396 e. The average Bonchev–Trinajstić information content (AvgIpc) is 2.66. The Morgan fingerprint density at radius 2 is 2.12 bits per heavy atom.